The van der Waals surface area contributed by atoms with E-state index in [0.29, 0.717) is 0 Å². The maximum Gasteiger partial charge on any atom is 0.0225 e. The van der Waals surface area contributed by atoms with E-state index >= 15 is 0 Å². The first-order valence-electron chi connectivity index (χ1n) is 7.39. The van der Waals surface area contributed by atoms with E-state index in [9.17, 15) is 0 Å². The minimum atomic E-state index is 0.755. The summed E-state index contributed by atoms with van der Waals surface area (Å²) < 4.78 is 0. The predicted octanol–water partition coefficient (Wildman–Crippen LogP) is -2.45. The molecule has 7 nitrogen and oxygen atoms in total. The van der Waals surface area contributed by atoms with Crippen LogP contribution >= 0.6 is 0 Å². The van der Waals surface area contributed by atoms with Crippen molar-refractivity contribution in [3.05, 3.63) is 0 Å². The summed E-state index contributed by atoms with van der Waals surface area (Å²) in [5.41, 5.74) is 17.1. The van der Waals surface area contributed by atoms with Gasteiger partial charge in [0.25, 0.3) is 0 Å². The van der Waals surface area contributed by atoms with Gasteiger partial charge in [0.1, 0.15) is 0 Å². The van der Waals surface area contributed by atoms with Crippen LogP contribution in [0.1, 0.15) is 12.8 Å². The second-order valence-corrected chi connectivity index (χ2v) is 4.39. The molecule has 19 heavy (non-hydrogen) atoms. The molecular weight excluding hydrogens is 242 g/mol. The van der Waals surface area contributed by atoms with Gasteiger partial charge in [-0.25, -0.2) is 0 Å². The quantitative estimate of drug-likeness (QED) is 0.124. The molecule has 0 aliphatic heterocycles. The van der Waals surface area contributed by atoms with Gasteiger partial charge in [-0.15, -0.1) is 0 Å². The topological polar surface area (TPSA) is 112 Å². The van der Waals surface area contributed by atoms with Gasteiger partial charge in [0.05, 0.1) is 0 Å². The van der Waals surface area contributed by atoms with Crippen molar-refractivity contribution in [2.75, 3.05) is 65.4 Å². The van der Waals surface area contributed by atoms with Gasteiger partial charge in [-0.1, -0.05) is 0 Å². The molecule has 7 heteroatoms. The van der Waals surface area contributed by atoms with E-state index in [1.54, 1.807) is 0 Å². The average Bonchev–Trinajstić information content (AvgIpc) is 2.43. The summed E-state index contributed by atoms with van der Waals surface area (Å²) in [4.78, 5) is 0. The standard InChI is InChI=1S/C12H33N7/c13-3-1-5-15-7-8-17-10-12-19-18-11-9-16-6-2-4-14/h15-19H,1-14H2. The van der Waals surface area contributed by atoms with E-state index < -0.39 is 0 Å². The first-order chi connectivity index (χ1) is 9.41. The molecule has 0 aromatic carbocycles. The lowest BCUT2D eigenvalue weighted by Crippen LogP contribution is -2.41. The molecular formula is C12H33N7. The van der Waals surface area contributed by atoms with Gasteiger partial charge in [-0.3, -0.25) is 10.9 Å². The van der Waals surface area contributed by atoms with Crippen LogP contribution in [0, 0.1) is 0 Å². The van der Waals surface area contributed by atoms with Crippen molar-refractivity contribution in [1.29, 1.82) is 0 Å². The lowest BCUT2D eigenvalue weighted by Gasteiger charge is -2.09. The van der Waals surface area contributed by atoms with E-state index in [1.807, 2.05) is 0 Å². The fraction of sp³-hybridized carbons (Fsp3) is 1.00. The SMILES string of the molecule is NCCCNCCNCCNNCCNCCCN. The van der Waals surface area contributed by atoms with Crippen LogP contribution in [0.4, 0.5) is 0 Å². The van der Waals surface area contributed by atoms with E-state index in [1.165, 1.54) is 0 Å². The van der Waals surface area contributed by atoms with Crippen molar-refractivity contribution in [2.24, 2.45) is 11.5 Å². The molecule has 0 aliphatic carbocycles. The van der Waals surface area contributed by atoms with Crippen LogP contribution in [-0.2, 0) is 0 Å². The summed E-state index contributed by atoms with van der Waals surface area (Å²) in [6.07, 6.45) is 2.08. The molecule has 0 rings (SSSR count). The second-order valence-electron chi connectivity index (χ2n) is 4.39. The van der Waals surface area contributed by atoms with Crippen molar-refractivity contribution in [1.82, 2.24) is 26.8 Å². The Balaban J connectivity index is 2.88. The molecule has 9 N–H and O–H groups in total. The number of nitrogens with two attached hydrogens (primary N) is 2. The normalized spacial score (nSPS) is 11.1. The van der Waals surface area contributed by atoms with Gasteiger partial charge < -0.3 is 27.4 Å². The summed E-state index contributed by atoms with van der Waals surface area (Å²) in [7, 11) is 0. The highest BCUT2D eigenvalue weighted by molar-refractivity contribution is 4.55. The zero-order valence-electron chi connectivity index (χ0n) is 12.1. The highest BCUT2D eigenvalue weighted by atomic mass is 15.4. The monoisotopic (exact) mass is 275 g/mol. The van der Waals surface area contributed by atoms with Crippen LogP contribution in [0.2, 0.25) is 0 Å². The molecule has 0 heterocycles. The third-order valence-electron chi connectivity index (χ3n) is 2.57. The Morgan fingerprint density at radius 1 is 0.474 bits per heavy atom. The maximum atomic E-state index is 5.40. The number of rotatable bonds is 16. The highest BCUT2D eigenvalue weighted by Crippen LogP contribution is 1.69. The fourth-order valence-corrected chi connectivity index (χ4v) is 1.48. The van der Waals surface area contributed by atoms with Crippen LogP contribution < -0.4 is 38.3 Å². The molecule has 0 amide bonds. The minimum Gasteiger partial charge on any atom is -0.330 e. The molecule has 0 aromatic rings. The number of hydrazine groups is 1. The van der Waals surface area contributed by atoms with Gasteiger partial charge in [-0.2, -0.15) is 0 Å². The highest BCUT2D eigenvalue weighted by Gasteiger charge is 1.89. The van der Waals surface area contributed by atoms with Crippen LogP contribution in [0.15, 0.2) is 0 Å². The number of hydrogen-bond donors (Lipinski definition) is 7. The third-order valence-corrected chi connectivity index (χ3v) is 2.57. The zero-order chi connectivity index (χ0) is 14.0. The molecule has 0 saturated carbocycles. The molecule has 116 valence electrons. The molecule has 0 bridgehead atoms. The molecule has 0 aromatic heterocycles. The fourth-order valence-electron chi connectivity index (χ4n) is 1.48. The summed E-state index contributed by atoms with van der Waals surface area (Å²) in [5, 5.41) is 9.99. The summed E-state index contributed by atoms with van der Waals surface area (Å²) >= 11 is 0. The molecule has 0 saturated heterocycles. The van der Waals surface area contributed by atoms with Crippen molar-refractivity contribution >= 4 is 0 Å². The van der Waals surface area contributed by atoms with Crippen molar-refractivity contribution in [2.45, 2.75) is 12.8 Å². The maximum absolute atomic E-state index is 5.40. The largest absolute Gasteiger partial charge is 0.330 e. The van der Waals surface area contributed by atoms with Crippen molar-refractivity contribution in [3.8, 4) is 0 Å². The van der Waals surface area contributed by atoms with E-state index in [0.717, 1.165) is 78.3 Å². The summed E-state index contributed by atoms with van der Waals surface area (Å²) in [6, 6.07) is 0. The third kappa shape index (κ3) is 17.7. The first kappa shape index (κ1) is 18.7. The number of nitrogens with one attached hydrogen (secondary N) is 5. The van der Waals surface area contributed by atoms with Crippen LogP contribution in [0.3, 0.4) is 0 Å². The molecule has 0 atom stereocenters. The smallest absolute Gasteiger partial charge is 0.0225 e. The van der Waals surface area contributed by atoms with Gasteiger partial charge in [-0.05, 0) is 39.0 Å². The van der Waals surface area contributed by atoms with Crippen molar-refractivity contribution in [3.63, 3.8) is 0 Å². The molecule has 0 fully saturated rings. The lowest BCUT2D eigenvalue weighted by molar-refractivity contribution is 0.496. The molecule has 0 unspecified atom stereocenters. The molecule has 0 radical (unpaired) electrons. The van der Waals surface area contributed by atoms with Crippen molar-refractivity contribution < 1.29 is 0 Å². The lowest BCUT2D eigenvalue weighted by atomic mass is 10.4. The number of hydrogen-bond acceptors (Lipinski definition) is 7. The average molecular weight is 275 g/mol. The molecule has 0 aliphatic rings. The minimum absolute atomic E-state index is 0.755. The first-order valence-corrected chi connectivity index (χ1v) is 7.39. The van der Waals surface area contributed by atoms with E-state index in [4.69, 9.17) is 11.5 Å². The summed E-state index contributed by atoms with van der Waals surface area (Å²) in [5.74, 6) is 0. The second kappa shape index (κ2) is 17.7. The Hall–Kier alpha value is -0.280. The van der Waals surface area contributed by atoms with Gasteiger partial charge in [0.2, 0.25) is 0 Å². The summed E-state index contributed by atoms with van der Waals surface area (Å²) in [6.45, 7) is 9.29. The van der Waals surface area contributed by atoms with Crippen LogP contribution in [-0.4, -0.2) is 65.4 Å². The van der Waals surface area contributed by atoms with E-state index in [-0.39, 0.29) is 0 Å². The van der Waals surface area contributed by atoms with Gasteiger partial charge in [0.15, 0.2) is 0 Å². The Bertz CT molecular complexity index is 141. The Morgan fingerprint density at radius 3 is 1.26 bits per heavy atom. The van der Waals surface area contributed by atoms with Gasteiger partial charge >= 0.3 is 0 Å². The Labute approximate surface area is 117 Å². The van der Waals surface area contributed by atoms with E-state index in [2.05, 4.69) is 26.8 Å². The zero-order valence-corrected chi connectivity index (χ0v) is 12.1. The van der Waals surface area contributed by atoms with Crippen LogP contribution in [0.25, 0.3) is 0 Å². The Morgan fingerprint density at radius 2 is 0.842 bits per heavy atom. The Kier molecular flexibility index (Phi) is 17.5. The predicted molar refractivity (Wildman–Crippen MR) is 82.0 cm³/mol. The van der Waals surface area contributed by atoms with Crippen LogP contribution in [0.5, 0.6) is 0 Å². The van der Waals surface area contributed by atoms with Gasteiger partial charge in [0, 0.05) is 39.3 Å². The molecule has 0 spiro atoms.